The number of aliphatic hydroxyl groups excluding tert-OH is 1. The Bertz CT molecular complexity index is 578. The van der Waals surface area contributed by atoms with Crippen molar-refractivity contribution in [1.29, 1.82) is 0 Å². The summed E-state index contributed by atoms with van der Waals surface area (Å²) in [6, 6.07) is 3.56. The minimum absolute atomic E-state index is 0.0847. The second kappa shape index (κ2) is 5.83. The van der Waals surface area contributed by atoms with E-state index in [1.54, 1.807) is 22.9 Å². The van der Waals surface area contributed by atoms with Gasteiger partial charge in [0.05, 0.1) is 6.61 Å². The van der Waals surface area contributed by atoms with Gasteiger partial charge < -0.3 is 5.11 Å². The third kappa shape index (κ3) is 2.62. The van der Waals surface area contributed by atoms with Gasteiger partial charge in [0, 0.05) is 18.3 Å². The molecule has 18 heavy (non-hydrogen) atoms. The van der Waals surface area contributed by atoms with Gasteiger partial charge in [-0.3, -0.25) is 4.57 Å². The number of aromatic nitrogens is 4. The number of aliphatic hydroxyl groups is 1. The maximum atomic E-state index is 11.5. The molecule has 0 spiro atoms. The Hall–Kier alpha value is -1.60. The quantitative estimate of drug-likeness (QED) is 0.844. The number of nitrogens with zero attached hydrogens (tertiary/aromatic N) is 3. The van der Waals surface area contributed by atoms with E-state index in [4.69, 9.17) is 0 Å². The number of aromatic amines is 1. The highest BCUT2D eigenvalue weighted by Gasteiger charge is 2.12. The fourth-order valence-corrected chi connectivity index (χ4v) is 2.45. The summed E-state index contributed by atoms with van der Waals surface area (Å²) in [5, 5.41) is 16.9. The Kier molecular flexibility index (Phi) is 4.16. The van der Waals surface area contributed by atoms with Gasteiger partial charge in [0.15, 0.2) is 5.16 Å². The Labute approximate surface area is 108 Å². The van der Waals surface area contributed by atoms with Crippen LogP contribution in [0.2, 0.25) is 0 Å². The van der Waals surface area contributed by atoms with Crippen molar-refractivity contribution in [3.8, 4) is 0 Å². The monoisotopic (exact) mass is 266 g/mol. The van der Waals surface area contributed by atoms with Crippen molar-refractivity contribution in [2.75, 3.05) is 0 Å². The first-order valence-electron chi connectivity index (χ1n) is 5.64. The van der Waals surface area contributed by atoms with Gasteiger partial charge in [-0.25, -0.2) is 14.9 Å². The molecule has 2 N–H and O–H groups in total. The van der Waals surface area contributed by atoms with Crippen LogP contribution >= 0.6 is 11.8 Å². The lowest BCUT2D eigenvalue weighted by Crippen LogP contribution is -2.17. The van der Waals surface area contributed by atoms with Gasteiger partial charge in [-0.15, -0.1) is 5.10 Å². The summed E-state index contributed by atoms with van der Waals surface area (Å²) in [4.78, 5) is 15.7. The van der Waals surface area contributed by atoms with E-state index in [1.807, 2.05) is 6.92 Å². The van der Waals surface area contributed by atoms with Crippen LogP contribution in [0.3, 0.4) is 0 Å². The third-order valence-electron chi connectivity index (χ3n) is 2.38. The molecule has 2 rings (SSSR count). The molecule has 0 fully saturated rings. The second-order valence-electron chi connectivity index (χ2n) is 3.69. The first kappa shape index (κ1) is 12.8. The molecule has 2 aromatic heterocycles. The predicted molar refractivity (Wildman–Crippen MR) is 67.4 cm³/mol. The van der Waals surface area contributed by atoms with Gasteiger partial charge in [0.25, 0.3) is 0 Å². The highest BCUT2D eigenvalue weighted by molar-refractivity contribution is 7.99. The topological polar surface area (TPSA) is 83.8 Å². The van der Waals surface area contributed by atoms with Crippen molar-refractivity contribution in [2.45, 2.75) is 36.7 Å². The van der Waals surface area contributed by atoms with Crippen LogP contribution in [0.25, 0.3) is 0 Å². The average Bonchev–Trinajstić information content (AvgIpc) is 2.73. The molecule has 0 bridgehead atoms. The standard InChI is InChI=1S/C11H14N4O2S/c1-2-6-15-10(17)13-14-11(15)18-9-8(7-16)4-3-5-12-9/h3-5,16H,2,6-7H2,1H3,(H,13,17). The summed E-state index contributed by atoms with van der Waals surface area (Å²) >= 11 is 1.28. The summed E-state index contributed by atoms with van der Waals surface area (Å²) in [6.07, 6.45) is 2.50. The summed E-state index contributed by atoms with van der Waals surface area (Å²) < 4.78 is 1.57. The zero-order valence-corrected chi connectivity index (χ0v) is 10.8. The summed E-state index contributed by atoms with van der Waals surface area (Å²) in [5.74, 6) is 0. The lowest BCUT2D eigenvalue weighted by Gasteiger charge is -2.05. The maximum Gasteiger partial charge on any atom is 0.343 e. The zero-order chi connectivity index (χ0) is 13.0. The second-order valence-corrected chi connectivity index (χ2v) is 4.65. The highest BCUT2D eigenvalue weighted by Crippen LogP contribution is 2.26. The fraction of sp³-hybridized carbons (Fsp3) is 0.364. The molecule has 0 radical (unpaired) electrons. The summed E-state index contributed by atoms with van der Waals surface area (Å²) in [6.45, 7) is 2.52. The van der Waals surface area contributed by atoms with Crippen molar-refractivity contribution >= 4 is 11.8 Å². The van der Waals surface area contributed by atoms with Crippen molar-refractivity contribution in [3.05, 3.63) is 34.4 Å². The average molecular weight is 266 g/mol. The zero-order valence-electron chi connectivity index (χ0n) is 9.96. The molecule has 0 atom stereocenters. The molecule has 2 aromatic rings. The van der Waals surface area contributed by atoms with E-state index in [-0.39, 0.29) is 12.3 Å². The lowest BCUT2D eigenvalue weighted by molar-refractivity contribution is 0.278. The number of rotatable bonds is 5. The molecular weight excluding hydrogens is 252 g/mol. The van der Waals surface area contributed by atoms with Crippen molar-refractivity contribution in [2.24, 2.45) is 0 Å². The van der Waals surface area contributed by atoms with E-state index in [1.165, 1.54) is 11.8 Å². The van der Waals surface area contributed by atoms with E-state index in [0.717, 1.165) is 12.0 Å². The molecule has 0 saturated heterocycles. The van der Waals surface area contributed by atoms with Gasteiger partial charge in [-0.1, -0.05) is 13.0 Å². The van der Waals surface area contributed by atoms with E-state index in [2.05, 4.69) is 15.2 Å². The molecule has 7 heteroatoms. The van der Waals surface area contributed by atoms with Crippen LogP contribution in [0.4, 0.5) is 0 Å². The van der Waals surface area contributed by atoms with Crippen LogP contribution in [0, 0.1) is 0 Å². The molecule has 0 aromatic carbocycles. The Balaban J connectivity index is 2.31. The van der Waals surface area contributed by atoms with E-state index in [0.29, 0.717) is 16.7 Å². The smallest absolute Gasteiger partial charge is 0.343 e. The van der Waals surface area contributed by atoms with Gasteiger partial charge in [0.2, 0.25) is 0 Å². The van der Waals surface area contributed by atoms with Gasteiger partial charge in [-0.2, -0.15) is 0 Å². The summed E-state index contributed by atoms with van der Waals surface area (Å²) in [5.41, 5.74) is 0.502. The first-order chi connectivity index (χ1) is 8.76. The lowest BCUT2D eigenvalue weighted by atomic mass is 10.3. The highest BCUT2D eigenvalue weighted by atomic mass is 32.2. The fourth-order valence-electron chi connectivity index (χ4n) is 1.52. The number of hydrogen-bond acceptors (Lipinski definition) is 5. The number of nitrogens with one attached hydrogen (secondary N) is 1. The van der Waals surface area contributed by atoms with Crippen LogP contribution < -0.4 is 5.69 Å². The molecular formula is C11H14N4O2S. The third-order valence-corrected chi connectivity index (χ3v) is 3.43. The molecule has 0 aliphatic rings. The maximum absolute atomic E-state index is 11.5. The van der Waals surface area contributed by atoms with Crippen LogP contribution in [0.15, 0.2) is 33.3 Å². The summed E-state index contributed by atoms with van der Waals surface area (Å²) in [7, 11) is 0. The Morgan fingerprint density at radius 1 is 1.56 bits per heavy atom. The largest absolute Gasteiger partial charge is 0.392 e. The number of H-pyrrole nitrogens is 1. The normalized spacial score (nSPS) is 10.8. The molecule has 2 heterocycles. The molecule has 0 unspecified atom stereocenters. The van der Waals surface area contributed by atoms with Crippen molar-refractivity contribution in [1.82, 2.24) is 19.7 Å². The predicted octanol–water partition coefficient (Wildman–Crippen LogP) is 1.02. The van der Waals surface area contributed by atoms with Crippen LogP contribution in [0.1, 0.15) is 18.9 Å². The van der Waals surface area contributed by atoms with Crippen molar-refractivity contribution < 1.29 is 5.11 Å². The van der Waals surface area contributed by atoms with E-state index >= 15 is 0 Å². The molecule has 0 saturated carbocycles. The van der Waals surface area contributed by atoms with E-state index < -0.39 is 0 Å². The van der Waals surface area contributed by atoms with Crippen LogP contribution in [-0.4, -0.2) is 24.9 Å². The van der Waals surface area contributed by atoms with Crippen LogP contribution in [0.5, 0.6) is 0 Å². The molecule has 0 aliphatic carbocycles. The van der Waals surface area contributed by atoms with Gasteiger partial charge >= 0.3 is 5.69 Å². The Morgan fingerprint density at radius 2 is 2.39 bits per heavy atom. The molecule has 96 valence electrons. The minimum Gasteiger partial charge on any atom is -0.392 e. The van der Waals surface area contributed by atoms with Crippen LogP contribution in [-0.2, 0) is 13.2 Å². The molecule has 0 amide bonds. The first-order valence-corrected chi connectivity index (χ1v) is 6.45. The Morgan fingerprint density at radius 3 is 3.11 bits per heavy atom. The van der Waals surface area contributed by atoms with E-state index in [9.17, 15) is 9.90 Å². The van der Waals surface area contributed by atoms with Crippen molar-refractivity contribution in [3.63, 3.8) is 0 Å². The molecule has 6 nitrogen and oxygen atoms in total. The minimum atomic E-state index is -0.221. The number of hydrogen-bond donors (Lipinski definition) is 2. The van der Waals surface area contributed by atoms with Gasteiger partial charge in [0.1, 0.15) is 5.03 Å². The molecule has 0 aliphatic heterocycles. The van der Waals surface area contributed by atoms with Gasteiger partial charge in [-0.05, 0) is 24.2 Å². The SMILES string of the molecule is CCCn1c(Sc2ncccc2CO)n[nH]c1=O. The number of pyridine rings is 1.